The number of hydrogen-bond donors (Lipinski definition) is 0. The van der Waals surface area contributed by atoms with Crippen molar-refractivity contribution in [1.82, 2.24) is 9.78 Å². The van der Waals surface area contributed by atoms with Crippen molar-refractivity contribution in [3.63, 3.8) is 0 Å². The van der Waals surface area contributed by atoms with Crippen LogP contribution in [0, 0.1) is 0 Å². The minimum absolute atomic E-state index is 0.297. The summed E-state index contributed by atoms with van der Waals surface area (Å²) in [5.74, 6) is 0. The van der Waals surface area contributed by atoms with Crippen LogP contribution in [-0.2, 0) is 40.3 Å². The molecule has 1 aliphatic rings. The second-order valence-corrected chi connectivity index (χ2v) is 4.74. The second kappa shape index (κ2) is 7.40. The molecule has 1 aromatic rings. The van der Waals surface area contributed by atoms with E-state index in [1.54, 1.807) is 0 Å². The zero-order valence-corrected chi connectivity index (χ0v) is 11.6. The van der Waals surface area contributed by atoms with Crippen molar-refractivity contribution in [3.05, 3.63) is 17.0 Å². The molecule has 0 atom stereocenters. The van der Waals surface area contributed by atoms with Crippen LogP contribution >= 0.6 is 0 Å². The third-order valence-electron chi connectivity index (χ3n) is 3.45. The van der Waals surface area contributed by atoms with Crippen LogP contribution in [0.2, 0.25) is 0 Å². The molecule has 1 heterocycles. The normalized spacial score (nSPS) is 15.0. The van der Waals surface area contributed by atoms with E-state index in [2.05, 4.69) is 5.10 Å². The van der Waals surface area contributed by atoms with E-state index in [4.69, 9.17) is 9.47 Å². The summed E-state index contributed by atoms with van der Waals surface area (Å²) in [7, 11) is 0. The van der Waals surface area contributed by atoms with Crippen LogP contribution in [0.1, 0.15) is 43.1 Å². The molecule has 0 radical (unpaired) electrons. The molecule has 0 unspecified atom stereocenters. The molecule has 0 aromatic carbocycles. The first-order valence-electron chi connectivity index (χ1n) is 7.03. The first kappa shape index (κ1) is 14.2. The Balaban J connectivity index is 2.10. The van der Waals surface area contributed by atoms with Gasteiger partial charge in [0.05, 0.1) is 18.8 Å². The first-order chi connectivity index (χ1) is 9.36. The first-order valence-corrected chi connectivity index (χ1v) is 7.03. The van der Waals surface area contributed by atoms with Crippen molar-refractivity contribution in [2.75, 3.05) is 13.4 Å². The fourth-order valence-corrected chi connectivity index (χ4v) is 2.55. The highest BCUT2D eigenvalue weighted by Gasteiger charge is 2.19. The molecule has 0 saturated carbocycles. The van der Waals surface area contributed by atoms with Crippen LogP contribution in [0.15, 0.2) is 0 Å². The molecule has 0 fully saturated rings. The lowest BCUT2D eigenvalue weighted by atomic mass is 10.1. The summed E-state index contributed by atoms with van der Waals surface area (Å²) in [5.41, 5.74) is 3.48. The number of ether oxygens (including phenoxy) is 2. The van der Waals surface area contributed by atoms with E-state index in [0.717, 1.165) is 24.8 Å². The quantitative estimate of drug-likeness (QED) is 0.327. The molecule has 5 nitrogen and oxygen atoms in total. The Labute approximate surface area is 113 Å². The van der Waals surface area contributed by atoms with E-state index in [1.807, 2.05) is 11.6 Å². The Morgan fingerprint density at radius 1 is 1.26 bits per heavy atom. The molecular weight excluding hydrogens is 244 g/mol. The molecule has 0 aliphatic heterocycles. The second-order valence-electron chi connectivity index (χ2n) is 4.74. The number of nitrogens with zero attached hydrogens (tertiary/aromatic N) is 2. The van der Waals surface area contributed by atoms with Gasteiger partial charge in [-0.15, -0.1) is 0 Å². The molecule has 0 amide bonds. The molecular formula is C14H22N2O3. The minimum Gasteiger partial charge on any atom is -0.356 e. The zero-order valence-electron chi connectivity index (χ0n) is 11.6. The maximum Gasteiger partial charge on any atom is 0.147 e. The van der Waals surface area contributed by atoms with Crippen molar-refractivity contribution in [2.24, 2.45) is 0 Å². The maximum atomic E-state index is 10.7. The van der Waals surface area contributed by atoms with E-state index >= 15 is 0 Å². The predicted octanol–water partition coefficient (Wildman–Crippen LogP) is 1.86. The van der Waals surface area contributed by atoms with Gasteiger partial charge < -0.3 is 14.3 Å². The molecule has 5 heteroatoms. The smallest absolute Gasteiger partial charge is 0.147 e. The fourth-order valence-electron chi connectivity index (χ4n) is 2.55. The fraction of sp³-hybridized carbons (Fsp3) is 0.714. The average molecular weight is 266 g/mol. The lowest BCUT2D eigenvalue weighted by molar-refractivity contribution is -0.108. The van der Waals surface area contributed by atoms with Gasteiger partial charge in [0, 0.05) is 12.3 Å². The van der Waals surface area contributed by atoms with Crippen LogP contribution in [-0.4, -0.2) is 29.5 Å². The average Bonchev–Trinajstić information content (AvgIpc) is 2.61. The number of aldehydes is 1. The highest BCUT2D eigenvalue weighted by Crippen LogP contribution is 2.24. The predicted molar refractivity (Wildman–Crippen MR) is 70.8 cm³/mol. The van der Waals surface area contributed by atoms with Crippen LogP contribution in [0.4, 0.5) is 0 Å². The van der Waals surface area contributed by atoms with Gasteiger partial charge in [-0.25, -0.2) is 0 Å². The Kier molecular flexibility index (Phi) is 5.54. The minimum atomic E-state index is 0.297. The van der Waals surface area contributed by atoms with Crippen LogP contribution in [0.5, 0.6) is 0 Å². The van der Waals surface area contributed by atoms with Gasteiger partial charge in [-0.3, -0.25) is 4.68 Å². The van der Waals surface area contributed by atoms with Crippen molar-refractivity contribution in [1.29, 1.82) is 0 Å². The van der Waals surface area contributed by atoms with Gasteiger partial charge in [0.1, 0.15) is 13.1 Å². The van der Waals surface area contributed by atoms with Gasteiger partial charge in [-0.2, -0.15) is 5.10 Å². The summed E-state index contributed by atoms with van der Waals surface area (Å²) in [5, 5.41) is 4.53. The molecule has 19 heavy (non-hydrogen) atoms. The highest BCUT2D eigenvalue weighted by molar-refractivity contribution is 5.49. The zero-order chi connectivity index (χ0) is 13.5. The summed E-state index contributed by atoms with van der Waals surface area (Å²) in [6.45, 7) is 3.69. The standard InChI is InChI=1S/C14H22N2O3/c1-2-18-11-19-10-13-12-6-4-3-5-7-14(12)16(15-13)8-9-17/h9H,2-8,10-11H2,1H3. The lowest BCUT2D eigenvalue weighted by Crippen LogP contribution is -2.06. The summed E-state index contributed by atoms with van der Waals surface area (Å²) in [4.78, 5) is 10.7. The summed E-state index contributed by atoms with van der Waals surface area (Å²) >= 11 is 0. The number of aromatic nitrogens is 2. The Morgan fingerprint density at radius 3 is 2.89 bits per heavy atom. The lowest BCUT2D eigenvalue weighted by Gasteiger charge is -2.04. The monoisotopic (exact) mass is 266 g/mol. The Hall–Kier alpha value is -1.20. The van der Waals surface area contributed by atoms with Gasteiger partial charge in [-0.1, -0.05) is 6.42 Å². The van der Waals surface area contributed by atoms with Crippen LogP contribution in [0.3, 0.4) is 0 Å². The largest absolute Gasteiger partial charge is 0.356 e. The molecule has 0 N–H and O–H groups in total. The SMILES string of the molecule is CCOCOCc1nn(CC=O)c2c1CCCCC2. The highest BCUT2D eigenvalue weighted by atomic mass is 16.7. The molecule has 1 aliphatic carbocycles. The van der Waals surface area contributed by atoms with Crippen LogP contribution < -0.4 is 0 Å². The summed E-state index contributed by atoms with van der Waals surface area (Å²) in [6.07, 6.45) is 6.58. The van der Waals surface area contributed by atoms with E-state index in [-0.39, 0.29) is 0 Å². The number of fused-ring (bicyclic) bond motifs is 1. The summed E-state index contributed by atoms with van der Waals surface area (Å²) in [6, 6.07) is 0. The Morgan fingerprint density at radius 2 is 2.11 bits per heavy atom. The summed E-state index contributed by atoms with van der Waals surface area (Å²) < 4.78 is 12.5. The molecule has 1 aromatic heterocycles. The van der Waals surface area contributed by atoms with Gasteiger partial charge >= 0.3 is 0 Å². The third kappa shape index (κ3) is 3.64. The van der Waals surface area contributed by atoms with Crippen molar-refractivity contribution >= 4 is 6.29 Å². The van der Waals surface area contributed by atoms with Gasteiger partial charge in [0.2, 0.25) is 0 Å². The molecule has 0 spiro atoms. The van der Waals surface area contributed by atoms with E-state index in [1.165, 1.54) is 30.5 Å². The van der Waals surface area contributed by atoms with E-state index in [0.29, 0.717) is 26.6 Å². The van der Waals surface area contributed by atoms with Gasteiger partial charge in [0.15, 0.2) is 0 Å². The Bertz CT molecular complexity index is 415. The number of rotatable bonds is 7. The van der Waals surface area contributed by atoms with Crippen molar-refractivity contribution in [3.8, 4) is 0 Å². The number of hydrogen-bond acceptors (Lipinski definition) is 4. The van der Waals surface area contributed by atoms with Crippen molar-refractivity contribution in [2.45, 2.75) is 52.2 Å². The van der Waals surface area contributed by atoms with Crippen molar-refractivity contribution < 1.29 is 14.3 Å². The van der Waals surface area contributed by atoms with Gasteiger partial charge in [0.25, 0.3) is 0 Å². The van der Waals surface area contributed by atoms with Gasteiger partial charge in [-0.05, 0) is 38.2 Å². The number of carbonyl (C=O) groups is 1. The maximum absolute atomic E-state index is 10.7. The van der Waals surface area contributed by atoms with Crippen LogP contribution in [0.25, 0.3) is 0 Å². The molecule has 106 valence electrons. The topological polar surface area (TPSA) is 53.4 Å². The number of carbonyl (C=O) groups excluding carboxylic acids is 1. The third-order valence-corrected chi connectivity index (χ3v) is 3.45. The van der Waals surface area contributed by atoms with E-state index in [9.17, 15) is 4.79 Å². The molecule has 2 rings (SSSR count). The van der Waals surface area contributed by atoms with E-state index < -0.39 is 0 Å². The molecule has 0 saturated heterocycles. The molecule has 0 bridgehead atoms.